The maximum absolute atomic E-state index is 10.4. The number of anilines is 5. The van der Waals surface area contributed by atoms with Crippen molar-refractivity contribution in [1.29, 1.82) is 0 Å². The summed E-state index contributed by atoms with van der Waals surface area (Å²) in [5.74, 6) is 7.18. The number of hydrogen-bond donors (Lipinski definition) is 1. The third kappa shape index (κ3) is 4.84. The minimum atomic E-state index is 0. The number of hydrogen-bond acceptors (Lipinski definition) is 5. The number of fused-ring (bicyclic) bond motifs is 3. The summed E-state index contributed by atoms with van der Waals surface area (Å²) < 4.78 is 8.17. The van der Waals surface area contributed by atoms with E-state index in [1.54, 1.807) is 12.3 Å². The molecule has 7 rings (SSSR count). The minimum absolute atomic E-state index is 0. The minimum Gasteiger partial charge on any atom is -0.506 e. The first-order valence-corrected chi connectivity index (χ1v) is 12.9. The van der Waals surface area contributed by atoms with Gasteiger partial charge < -0.3 is 14.9 Å². The van der Waals surface area contributed by atoms with E-state index in [0.29, 0.717) is 22.6 Å². The number of pyridine rings is 2. The molecule has 0 spiro atoms. The molecule has 1 aliphatic heterocycles. The molecule has 0 radical (unpaired) electrons. The first-order chi connectivity index (χ1) is 20.1. The van der Waals surface area contributed by atoms with Gasteiger partial charge in [-0.15, -0.1) is 23.8 Å². The van der Waals surface area contributed by atoms with E-state index in [1.165, 1.54) is 6.07 Å². The molecule has 4 aromatic carbocycles. The quantitative estimate of drug-likeness (QED) is 0.147. The molecule has 200 valence electrons. The smallest absolute Gasteiger partial charge is 0.140 e. The van der Waals surface area contributed by atoms with Crippen molar-refractivity contribution in [3.05, 3.63) is 133 Å². The molecule has 0 unspecified atom stereocenters. The van der Waals surface area contributed by atoms with E-state index in [0.717, 1.165) is 45.3 Å². The van der Waals surface area contributed by atoms with Gasteiger partial charge in [-0.2, -0.15) is 0 Å². The summed E-state index contributed by atoms with van der Waals surface area (Å²) >= 11 is 0. The van der Waals surface area contributed by atoms with Gasteiger partial charge in [0.1, 0.15) is 17.1 Å². The predicted molar refractivity (Wildman–Crippen MR) is 161 cm³/mol. The molecular formula is C35H23N4OPt-. The van der Waals surface area contributed by atoms with E-state index in [2.05, 4.69) is 45.9 Å². The van der Waals surface area contributed by atoms with E-state index >= 15 is 0 Å². The van der Waals surface area contributed by atoms with Crippen LogP contribution in [0, 0.1) is 17.9 Å². The summed E-state index contributed by atoms with van der Waals surface area (Å²) in [6.45, 7) is 0. The Bertz CT molecular complexity index is 2000. The van der Waals surface area contributed by atoms with E-state index < -0.39 is 0 Å². The van der Waals surface area contributed by atoms with Crippen LogP contribution in [0.25, 0.3) is 22.2 Å². The average Bonchev–Trinajstić information content (AvgIpc) is 3.03. The van der Waals surface area contributed by atoms with Crippen LogP contribution >= 0.6 is 0 Å². The first-order valence-electron chi connectivity index (χ1n) is 13.4. The fourth-order valence-electron chi connectivity index (χ4n) is 4.96. The van der Waals surface area contributed by atoms with Crippen LogP contribution in [0.5, 0.6) is 5.75 Å². The van der Waals surface area contributed by atoms with Crippen molar-refractivity contribution in [1.82, 2.24) is 9.97 Å². The standard InChI is InChI=1S/C35H23N4O.Pt/c1-38-29-11-5-6-12-31(29)39(34-21-16-25(23-36-34)15-14-24-8-3-2-4-9-24)32-22-27(18-20-30(32)38)28-19-17-26-10-7-13-33(40)35(26)37-28;/h2-13,16-21,23,40H,1H3;/q-1;/i10D;. The maximum atomic E-state index is 10.4. The van der Waals surface area contributed by atoms with Gasteiger partial charge in [-0.05, 0) is 59.5 Å². The molecule has 0 fully saturated rings. The fourth-order valence-corrected chi connectivity index (χ4v) is 4.96. The van der Waals surface area contributed by atoms with Crippen molar-refractivity contribution in [2.75, 3.05) is 16.8 Å². The summed E-state index contributed by atoms with van der Waals surface area (Å²) in [5.41, 5.74) is 7.43. The molecule has 41 heavy (non-hydrogen) atoms. The van der Waals surface area contributed by atoms with Gasteiger partial charge in [-0.1, -0.05) is 66.4 Å². The Hall–Kier alpha value is -4.91. The van der Waals surface area contributed by atoms with Crippen LogP contribution in [0.1, 0.15) is 12.5 Å². The molecule has 0 bridgehead atoms. The second-order valence-electron chi connectivity index (χ2n) is 9.47. The van der Waals surface area contributed by atoms with Crippen LogP contribution in [-0.4, -0.2) is 22.1 Å². The monoisotopic (exact) mass is 711 g/mol. The molecular weight excluding hydrogens is 687 g/mol. The normalized spacial score (nSPS) is 12.0. The molecule has 3 heterocycles. The van der Waals surface area contributed by atoms with Crippen LogP contribution in [0.3, 0.4) is 0 Å². The average molecular weight is 712 g/mol. The van der Waals surface area contributed by atoms with E-state index in [4.69, 9.17) is 11.3 Å². The van der Waals surface area contributed by atoms with Crippen LogP contribution in [-0.2, 0) is 21.1 Å². The van der Waals surface area contributed by atoms with Crippen molar-refractivity contribution in [3.8, 4) is 28.8 Å². The second kappa shape index (κ2) is 10.9. The molecule has 5 nitrogen and oxygen atoms in total. The Morgan fingerprint density at radius 1 is 0.780 bits per heavy atom. The van der Waals surface area contributed by atoms with Crippen LogP contribution in [0.2, 0.25) is 0 Å². The van der Waals surface area contributed by atoms with Gasteiger partial charge in [0.2, 0.25) is 0 Å². The number of phenolic OH excluding ortho intramolecular Hbond substituents is 1. The zero-order valence-electron chi connectivity index (χ0n) is 22.9. The van der Waals surface area contributed by atoms with E-state index in [1.807, 2.05) is 79.8 Å². The summed E-state index contributed by atoms with van der Waals surface area (Å²) in [7, 11) is 2.04. The number of aromatic hydroxyl groups is 1. The van der Waals surface area contributed by atoms with Crippen molar-refractivity contribution in [2.24, 2.45) is 0 Å². The second-order valence-corrected chi connectivity index (χ2v) is 9.47. The van der Waals surface area contributed by atoms with Crippen molar-refractivity contribution in [2.45, 2.75) is 0 Å². The topological polar surface area (TPSA) is 52.5 Å². The summed E-state index contributed by atoms with van der Waals surface area (Å²) in [5, 5.41) is 11.0. The number of rotatable bonds is 2. The zero-order chi connectivity index (χ0) is 27.9. The number of nitrogens with zero attached hydrogens (tertiary/aromatic N) is 4. The summed E-state index contributed by atoms with van der Waals surface area (Å²) in [6, 6.07) is 36.7. The van der Waals surface area contributed by atoms with Gasteiger partial charge in [0.15, 0.2) is 0 Å². The number of benzene rings is 4. The van der Waals surface area contributed by atoms with Crippen LogP contribution in [0.15, 0.2) is 115 Å². The van der Waals surface area contributed by atoms with Gasteiger partial charge in [-0.25, -0.2) is 4.98 Å². The van der Waals surface area contributed by atoms with Crippen molar-refractivity contribution < 1.29 is 27.5 Å². The molecule has 0 atom stereocenters. The molecule has 2 aromatic heterocycles. The van der Waals surface area contributed by atoms with Gasteiger partial charge in [0, 0.05) is 50.8 Å². The van der Waals surface area contributed by atoms with Crippen LogP contribution in [0.4, 0.5) is 28.6 Å². The Balaban J connectivity index is 0.00000316. The molecule has 0 saturated heterocycles. The van der Waals surface area contributed by atoms with Gasteiger partial charge in [-0.3, -0.25) is 4.98 Å². The molecule has 0 aliphatic carbocycles. The molecule has 1 aliphatic rings. The third-order valence-electron chi connectivity index (χ3n) is 6.97. The van der Waals surface area contributed by atoms with Gasteiger partial charge in [0.25, 0.3) is 0 Å². The third-order valence-corrected chi connectivity index (χ3v) is 6.97. The van der Waals surface area contributed by atoms with Crippen LogP contribution < -0.4 is 9.80 Å². The number of para-hydroxylation sites is 3. The van der Waals surface area contributed by atoms with Crippen molar-refractivity contribution in [3.63, 3.8) is 0 Å². The van der Waals surface area contributed by atoms with Crippen molar-refractivity contribution >= 4 is 39.5 Å². The molecule has 6 aromatic rings. The SMILES string of the molecule is [2H]c1ccc(O)c2nc(-c3[c-]c4c(cc3)N(C)c3ccccc3N4c3ccc(C#Cc4ccccc4)cn3)ccc12.[Pt]. The Labute approximate surface area is 254 Å². The Morgan fingerprint density at radius 2 is 1.56 bits per heavy atom. The zero-order valence-corrected chi connectivity index (χ0v) is 24.2. The first kappa shape index (κ1) is 25.1. The summed E-state index contributed by atoms with van der Waals surface area (Å²) in [4.78, 5) is 13.8. The van der Waals surface area contributed by atoms with Gasteiger partial charge >= 0.3 is 0 Å². The molecule has 1 N–H and O–H groups in total. The number of phenols is 1. The molecule has 0 amide bonds. The largest absolute Gasteiger partial charge is 0.506 e. The van der Waals surface area contributed by atoms with Gasteiger partial charge in [0.05, 0.1) is 12.7 Å². The van der Waals surface area contributed by atoms with E-state index in [-0.39, 0.29) is 26.8 Å². The molecule has 6 heteroatoms. The fraction of sp³-hybridized carbons (Fsp3) is 0.0286. The maximum Gasteiger partial charge on any atom is 0.140 e. The Kier molecular flexibility index (Phi) is 6.68. The number of aromatic nitrogens is 2. The predicted octanol–water partition coefficient (Wildman–Crippen LogP) is 7.75. The summed E-state index contributed by atoms with van der Waals surface area (Å²) in [6.07, 6.45) is 1.79. The van der Waals surface area contributed by atoms with E-state index in [9.17, 15) is 5.11 Å². The Morgan fingerprint density at radius 3 is 2.37 bits per heavy atom. The molecule has 0 saturated carbocycles.